The van der Waals surface area contributed by atoms with E-state index in [-0.39, 0.29) is 18.9 Å². The van der Waals surface area contributed by atoms with Crippen molar-refractivity contribution in [1.29, 1.82) is 0 Å². The lowest BCUT2D eigenvalue weighted by Crippen LogP contribution is -2.47. The number of carbonyl (C=O) groups excluding carboxylic acids is 1. The SMILES string of the molecule is O=C(c1ccc(-c2cc(-c3ccnc4c3NCCO4)cs2)c(Cl)c1)N1CC[C@@H](O)[C@H](F)C1. The molecule has 2 aliphatic rings. The van der Waals surface area contributed by atoms with Crippen LogP contribution in [0, 0.1) is 0 Å². The van der Waals surface area contributed by atoms with Crippen molar-refractivity contribution in [3.8, 4) is 27.4 Å². The smallest absolute Gasteiger partial charge is 0.254 e. The number of halogens is 2. The Morgan fingerprint density at radius 2 is 2.19 bits per heavy atom. The number of likely N-dealkylation sites (tertiary alicyclic amines) is 1. The highest BCUT2D eigenvalue weighted by Gasteiger charge is 2.30. The van der Waals surface area contributed by atoms with Crippen LogP contribution >= 0.6 is 22.9 Å². The number of alkyl halides is 1. The Bertz CT molecular complexity index is 1170. The zero-order chi connectivity index (χ0) is 22.2. The lowest BCUT2D eigenvalue weighted by Gasteiger charge is -2.32. The van der Waals surface area contributed by atoms with Crippen molar-refractivity contribution in [2.45, 2.75) is 18.7 Å². The van der Waals surface area contributed by atoms with Crippen LogP contribution in [-0.2, 0) is 0 Å². The summed E-state index contributed by atoms with van der Waals surface area (Å²) in [6.07, 6.45) is -0.473. The van der Waals surface area contributed by atoms with E-state index in [0.717, 1.165) is 33.8 Å². The van der Waals surface area contributed by atoms with E-state index in [1.807, 2.05) is 12.1 Å². The van der Waals surface area contributed by atoms with Crippen LogP contribution in [0.25, 0.3) is 21.6 Å². The standard InChI is InChI=1S/C23H21ClFN3O3S/c24-17-9-13(23(30)28-7-4-19(29)18(25)11-28)1-2-16(17)20-10-14(12-32-20)15-3-5-27-22-21(15)26-6-8-31-22/h1-3,5,9-10,12,18-19,26,29H,4,6-8,11H2/t18-,19-/m1/s1. The minimum Gasteiger partial charge on any atom is -0.474 e. The molecule has 1 saturated heterocycles. The van der Waals surface area contributed by atoms with Crippen molar-refractivity contribution in [3.63, 3.8) is 0 Å². The molecule has 2 aromatic heterocycles. The molecule has 2 atom stereocenters. The molecule has 0 aliphatic carbocycles. The molecule has 3 aromatic rings. The number of hydrogen-bond donors (Lipinski definition) is 2. The van der Waals surface area contributed by atoms with Gasteiger partial charge in [0.2, 0.25) is 5.88 Å². The maximum absolute atomic E-state index is 13.8. The molecule has 166 valence electrons. The summed E-state index contributed by atoms with van der Waals surface area (Å²) in [4.78, 5) is 19.4. The molecular formula is C23H21ClFN3O3S. The number of nitrogens with zero attached hydrogens (tertiary/aromatic N) is 2. The van der Waals surface area contributed by atoms with Gasteiger partial charge in [0.25, 0.3) is 5.91 Å². The van der Waals surface area contributed by atoms with Gasteiger partial charge in [-0.1, -0.05) is 17.7 Å². The predicted molar refractivity (Wildman–Crippen MR) is 123 cm³/mol. The van der Waals surface area contributed by atoms with E-state index in [1.165, 1.54) is 4.90 Å². The number of benzene rings is 1. The Morgan fingerprint density at radius 1 is 1.31 bits per heavy atom. The Labute approximate surface area is 193 Å². The zero-order valence-corrected chi connectivity index (χ0v) is 18.6. The second kappa shape index (κ2) is 8.69. The van der Waals surface area contributed by atoms with E-state index in [0.29, 0.717) is 29.6 Å². The molecule has 0 unspecified atom stereocenters. The minimum atomic E-state index is -1.43. The van der Waals surface area contributed by atoms with Gasteiger partial charge >= 0.3 is 0 Å². The Balaban J connectivity index is 1.39. The van der Waals surface area contributed by atoms with Crippen LogP contribution in [0.3, 0.4) is 0 Å². The number of aliphatic hydroxyl groups is 1. The summed E-state index contributed by atoms with van der Waals surface area (Å²) in [5.41, 5.74) is 4.15. The molecule has 0 saturated carbocycles. The van der Waals surface area contributed by atoms with Crippen molar-refractivity contribution >= 4 is 34.5 Å². The van der Waals surface area contributed by atoms with Gasteiger partial charge in [0, 0.05) is 40.9 Å². The summed E-state index contributed by atoms with van der Waals surface area (Å²) in [5.74, 6) is 0.317. The van der Waals surface area contributed by atoms with Crippen LogP contribution in [0.4, 0.5) is 10.1 Å². The second-order valence-corrected chi connectivity index (χ2v) is 9.15. The van der Waals surface area contributed by atoms with Crippen LogP contribution in [-0.4, -0.2) is 59.4 Å². The molecule has 1 aromatic carbocycles. The normalized spacial score (nSPS) is 20.3. The molecule has 1 fully saturated rings. The molecule has 6 nitrogen and oxygen atoms in total. The van der Waals surface area contributed by atoms with E-state index in [9.17, 15) is 14.3 Å². The zero-order valence-electron chi connectivity index (χ0n) is 17.1. The van der Waals surface area contributed by atoms with Gasteiger partial charge in [-0.3, -0.25) is 4.79 Å². The van der Waals surface area contributed by atoms with Gasteiger partial charge in [-0.2, -0.15) is 0 Å². The number of pyridine rings is 1. The average Bonchev–Trinajstić information content (AvgIpc) is 3.29. The van der Waals surface area contributed by atoms with Crippen molar-refractivity contribution in [2.24, 2.45) is 0 Å². The van der Waals surface area contributed by atoms with Gasteiger partial charge in [0.05, 0.1) is 17.7 Å². The number of aromatic nitrogens is 1. The fraction of sp³-hybridized carbons (Fsp3) is 0.304. The third-order valence-corrected chi connectivity index (χ3v) is 7.02. The van der Waals surface area contributed by atoms with Crippen molar-refractivity contribution in [3.05, 3.63) is 52.5 Å². The maximum Gasteiger partial charge on any atom is 0.254 e. The minimum absolute atomic E-state index is 0.109. The number of nitrogens with one attached hydrogen (secondary N) is 1. The van der Waals surface area contributed by atoms with Crippen molar-refractivity contribution in [2.75, 3.05) is 31.6 Å². The third-order valence-electron chi connectivity index (χ3n) is 5.75. The first-order chi connectivity index (χ1) is 15.5. The number of hydrogen-bond acceptors (Lipinski definition) is 6. The molecule has 2 N–H and O–H groups in total. The molecule has 2 aliphatic heterocycles. The number of aliphatic hydroxyl groups excluding tert-OH is 1. The highest BCUT2D eigenvalue weighted by molar-refractivity contribution is 7.14. The topological polar surface area (TPSA) is 74.7 Å². The average molecular weight is 474 g/mol. The Hall–Kier alpha value is -2.68. The van der Waals surface area contributed by atoms with Gasteiger partial charge in [0.15, 0.2) is 0 Å². The number of carbonyl (C=O) groups is 1. The molecule has 32 heavy (non-hydrogen) atoms. The van der Waals surface area contributed by atoms with Gasteiger partial charge < -0.3 is 20.1 Å². The Morgan fingerprint density at radius 3 is 3.00 bits per heavy atom. The van der Waals surface area contributed by atoms with E-state index >= 15 is 0 Å². The quantitative estimate of drug-likeness (QED) is 0.586. The summed E-state index contributed by atoms with van der Waals surface area (Å²) in [6, 6.07) is 9.16. The highest BCUT2D eigenvalue weighted by Crippen LogP contribution is 2.41. The summed E-state index contributed by atoms with van der Waals surface area (Å²) >= 11 is 8.11. The molecule has 1 amide bonds. The van der Waals surface area contributed by atoms with Crippen LogP contribution in [0.1, 0.15) is 16.8 Å². The van der Waals surface area contributed by atoms with E-state index in [4.69, 9.17) is 16.3 Å². The van der Waals surface area contributed by atoms with Gasteiger partial charge in [0.1, 0.15) is 18.5 Å². The maximum atomic E-state index is 13.8. The van der Waals surface area contributed by atoms with Crippen molar-refractivity contribution < 1.29 is 19.0 Å². The summed E-state index contributed by atoms with van der Waals surface area (Å²) in [5, 5.41) is 15.4. The van der Waals surface area contributed by atoms with Crippen LogP contribution < -0.4 is 10.1 Å². The second-order valence-electron chi connectivity index (χ2n) is 7.83. The molecule has 5 rings (SSSR count). The van der Waals surface area contributed by atoms with Crippen molar-refractivity contribution in [1.82, 2.24) is 9.88 Å². The van der Waals surface area contributed by atoms with Gasteiger partial charge in [-0.05, 0) is 41.6 Å². The molecule has 9 heteroatoms. The van der Waals surface area contributed by atoms with E-state index in [1.54, 1.807) is 29.7 Å². The molecule has 0 radical (unpaired) electrons. The molecule has 0 spiro atoms. The number of thiophene rings is 1. The first-order valence-electron chi connectivity index (χ1n) is 10.4. The number of ether oxygens (including phenoxy) is 1. The van der Waals surface area contributed by atoms with E-state index < -0.39 is 12.3 Å². The number of rotatable bonds is 3. The largest absolute Gasteiger partial charge is 0.474 e. The number of piperidine rings is 1. The highest BCUT2D eigenvalue weighted by atomic mass is 35.5. The first-order valence-corrected chi connectivity index (χ1v) is 11.6. The summed E-state index contributed by atoms with van der Waals surface area (Å²) in [6.45, 7) is 1.52. The third kappa shape index (κ3) is 3.94. The fourth-order valence-electron chi connectivity index (χ4n) is 4.01. The number of amides is 1. The van der Waals surface area contributed by atoms with Gasteiger partial charge in [-0.25, -0.2) is 9.37 Å². The van der Waals surface area contributed by atoms with Crippen LogP contribution in [0.5, 0.6) is 5.88 Å². The molecule has 0 bridgehead atoms. The van der Waals surface area contributed by atoms with Gasteiger partial charge in [-0.15, -0.1) is 11.3 Å². The summed E-state index contributed by atoms with van der Waals surface area (Å²) in [7, 11) is 0. The predicted octanol–water partition coefficient (Wildman–Crippen LogP) is 4.48. The van der Waals surface area contributed by atoms with Crippen LogP contribution in [0.2, 0.25) is 5.02 Å². The fourth-order valence-corrected chi connectivity index (χ4v) is 5.30. The molecule has 4 heterocycles. The van der Waals surface area contributed by atoms with Crippen LogP contribution in [0.15, 0.2) is 41.9 Å². The summed E-state index contributed by atoms with van der Waals surface area (Å²) < 4.78 is 19.5. The molecular weight excluding hydrogens is 453 g/mol. The number of anilines is 1. The Kier molecular flexibility index (Phi) is 5.75. The lowest BCUT2D eigenvalue weighted by molar-refractivity contribution is 0.00826. The van der Waals surface area contributed by atoms with E-state index in [2.05, 4.69) is 21.7 Å². The monoisotopic (exact) mass is 473 g/mol. The number of fused-ring (bicyclic) bond motifs is 1. The first kappa shape index (κ1) is 21.2. The lowest BCUT2D eigenvalue weighted by atomic mass is 10.0.